The van der Waals surface area contributed by atoms with Gasteiger partial charge in [0.1, 0.15) is 0 Å². The van der Waals surface area contributed by atoms with Crippen molar-refractivity contribution in [2.45, 2.75) is 6.04 Å². The zero-order valence-electron chi connectivity index (χ0n) is 7.37. The molecular formula is C9H11NO3P+. The predicted octanol–water partition coefficient (Wildman–Crippen LogP) is 1.34. The van der Waals surface area contributed by atoms with Crippen molar-refractivity contribution in [3.63, 3.8) is 0 Å². The molecule has 0 heterocycles. The van der Waals surface area contributed by atoms with Crippen LogP contribution in [0, 0.1) is 0 Å². The van der Waals surface area contributed by atoms with Gasteiger partial charge >= 0.3 is 8.25 Å². The van der Waals surface area contributed by atoms with E-state index in [0.717, 1.165) is 0 Å². The fourth-order valence-electron chi connectivity index (χ4n) is 1.28. The summed E-state index contributed by atoms with van der Waals surface area (Å²) in [5, 5.41) is 0. The van der Waals surface area contributed by atoms with Gasteiger partial charge in [0.25, 0.3) is 0 Å². The van der Waals surface area contributed by atoms with Crippen LogP contribution in [0.4, 0.5) is 0 Å². The molecule has 1 aromatic carbocycles. The SMILES string of the molecule is NC1C=Cc2ccccc21.O=[P+](O)O. The topological polar surface area (TPSA) is 83.6 Å². The highest BCUT2D eigenvalue weighted by molar-refractivity contribution is 7.30. The highest BCUT2D eigenvalue weighted by atomic mass is 31.1. The first-order valence-electron chi connectivity index (χ1n) is 3.99. The van der Waals surface area contributed by atoms with E-state index < -0.39 is 8.25 Å². The second kappa shape index (κ2) is 4.98. The molecule has 1 unspecified atom stereocenters. The van der Waals surface area contributed by atoms with Crippen LogP contribution in [0.3, 0.4) is 0 Å². The second-order valence-corrected chi connectivity index (χ2v) is 3.27. The van der Waals surface area contributed by atoms with Crippen molar-refractivity contribution >= 4 is 14.3 Å². The minimum absolute atomic E-state index is 0.121. The van der Waals surface area contributed by atoms with Gasteiger partial charge in [-0.05, 0) is 11.1 Å². The van der Waals surface area contributed by atoms with Gasteiger partial charge in [0, 0.05) is 10.6 Å². The fourth-order valence-corrected chi connectivity index (χ4v) is 1.28. The molecule has 1 atom stereocenters. The quantitative estimate of drug-likeness (QED) is 0.566. The Morgan fingerprint density at radius 2 is 1.86 bits per heavy atom. The molecular weight excluding hydrogens is 201 g/mol. The summed E-state index contributed by atoms with van der Waals surface area (Å²) >= 11 is 0. The van der Waals surface area contributed by atoms with E-state index in [1.807, 2.05) is 18.2 Å². The van der Waals surface area contributed by atoms with Crippen LogP contribution in [-0.2, 0) is 4.57 Å². The van der Waals surface area contributed by atoms with E-state index in [1.165, 1.54) is 11.1 Å². The summed E-state index contributed by atoms with van der Waals surface area (Å²) in [6.07, 6.45) is 4.09. The highest BCUT2D eigenvalue weighted by Gasteiger charge is 2.10. The Bertz CT molecular complexity index is 361. The third-order valence-electron chi connectivity index (χ3n) is 1.84. The van der Waals surface area contributed by atoms with Crippen molar-refractivity contribution in [2.24, 2.45) is 5.73 Å². The standard InChI is InChI=1S/C9H9N.HO3P/c10-9-6-5-7-3-1-2-4-8(7)9;1-4(2)3/h1-6,9H,10H2;(H-,1,2,3)/p+1. The number of fused-ring (bicyclic) bond motifs is 1. The van der Waals surface area contributed by atoms with Crippen molar-refractivity contribution in [1.29, 1.82) is 0 Å². The average Bonchev–Trinajstić information content (AvgIpc) is 2.48. The summed E-state index contributed by atoms with van der Waals surface area (Å²) in [6, 6.07) is 8.32. The number of hydrogen-bond donors (Lipinski definition) is 3. The van der Waals surface area contributed by atoms with Gasteiger partial charge in [-0.25, -0.2) is 0 Å². The van der Waals surface area contributed by atoms with Gasteiger partial charge in [0.15, 0.2) is 0 Å². The lowest BCUT2D eigenvalue weighted by molar-refractivity contribution is 0.405. The summed E-state index contributed by atoms with van der Waals surface area (Å²) in [4.78, 5) is 14.2. The monoisotopic (exact) mass is 212 g/mol. The molecule has 0 bridgehead atoms. The summed E-state index contributed by atoms with van der Waals surface area (Å²) in [5.74, 6) is 0. The van der Waals surface area contributed by atoms with Gasteiger partial charge in [0.2, 0.25) is 0 Å². The average molecular weight is 212 g/mol. The van der Waals surface area contributed by atoms with E-state index in [0.29, 0.717) is 0 Å². The molecule has 0 amide bonds. The van der Waals surface area contributed by atoms with E-state index in [4.69, 9.17) is 20.1 Å². The molecule has 74 valence electrons. The van der Waals surface area contributed by atoms with Crippen molar-refractivity contribution in [3.05, 3.63) is 41.5 Å². The first-order valence-corrected chi connectivity index (χ1v) is 5.15. The molecule has 0 spiro atoms. The van der Waals surface area contributed by atoms with E-state index >= 15 is 0 Å². The molecule has 14 heavy (non-hydrogen) atoms. The number of benzene rings is 1. The fraction of sp³-hybridized carbons (Fsp3) is 0.111. The van der Waals surface area contributed by atoms with Crippen LogP contribution in [0.5, 0.6) is 0 Å². The maximum Gasteiger partial charge on any atom is 0.692 e. The molecule has 1 aliphatic rings. The maximum absolute atomic E-state index is 8.70. The van der Waals surface area contributed by atoms with Gasteiger partial charge in [0.05, 0.1) is 0 Å². The molecule has 0 fully saturated rings. The molecule has 0 saturated heterocycles. The van der Waals surface area contributed by atoms with Crippen LogP contribution in [0.2, 0.25) is 0 Å². The van der Waals surface area contributed by atoms with Crippen LogP contribution >= 0.6 is 8.25 Å². The van der Waals surface area contributed by atoms with Crippen molar-refractivity contribution in [2.75, 3.05) is 0 Å². The molecule has 0 saturated carbocycles. The summed E-state index contributed by atoms with van der Waals surface area (Å²) in [7, 11) is -2.87. The Balaban J connectivity index is 0.000000213. The zero-order valence-corrected chi connectivity index (χ0v) is 8.26. The number of rotatable bonds is 0. The third kappa shape index (κ3) is 3.01. The lowest BCUT2D eigenvalue weighted by atomic mass is 10.1. The minimum Gasteiger partial charge on any atom is -0.321 e. The second-order valence-electron chi connectivity index (χ2n) is 2.77. The molecule has 0 aromatic heterocycles. The molecule has 1 aromatic rings. The van der Waals surface area contributed by atoms with Gasteiger partial charge in [-0.15, -0.1) is 9.79 Å². The van der Waals surface area contributed by atoms with Crippen LogP contribution in [0.1, 0.15) is 17.2 Å². The van der Waals surface area contributed by atoms with E-state index in [2.05, 4.69) is 18.2 Å². The maximum atomic E-state index is 8.70. The summed E-state index contributed by atoms with van der Waals surface area (Å²) in [6.45, 7) is 0. The molecule has 2 rings (SSSR count). The lowest BCUT2D eigenvalue weighted by Gasteiger charge is -2.01. The zero-order chi connectivity index (χ0) is 10.6. The van der Waals surface area contributed by atoms with Crippen molar-refractivity contribution in [3.8, 4) is 0 Å². The van der Waals surface area contributed by atoms with Gasteiger partial charge in [-0.3, -0.25) is 0 Å². The predicted molar refractivity (Wildman–Crippen MR) is 54.4 cm³/mol. The van der Waals surface area contributed by atoms with Crippen LogP contribution in [-0.4, -0.2) is 9.79 Å². The van der Waals surface area contributed by atoms with E-state index in [-0.39, 0.29) is 6.04 Å². The molecule has 1 aliphatic carbocycles. The van der Waals surface area contributed by atoms with Crippen LogP contribution in [0.15, 0.2) is 30.3 Å². The Labute approximate surface area is 82.6 Å². The van der Waals surface area contributed by atoms with Crippen LogP contribution < -0.4 is 5.73 Å². The Kier molecular flexibility index (Phi) is 3.92. The summed E-state index contributed by atoms with van der Waals surface area (Å²) in [5.41, 5.74) is 8.26. The van der Waals surface area contributed by atoms with Gasteiger partial charge < -0.3 is 5.73 Å². The first kappa shape index (κ1) is 11.0. The van der Waals surface area contributed by atoms with Crippen molar-refractivity contribution in [1.82, 2.24) is 0 Å². The molecule has 4 nitrogen and oxygen atoms in total. The smallest absolute Gasteiger partial charge is 0.321 e. The number of hydrogen-bond acceptors (Lipinski definition) is 2. The van der Waals surface area contributed by atoms with E-state index in [1.54, 1.807) is 0 Å². The Morgan fingerprint density at radius 3 is 2.43 bits per heavy atom. The minimum atomic E-state index is -2.87. The lowest BCUT2D eigenvalue weighted by Crippen LogP contribution is -2.03. The van der Waals surface area contributed by atoms with Crippen LogP contribution in [0.25, 0.3) is 6.08 Å². The third-order valence-corrected chi connectivity index (χ3v) is 1.84. The molecule has 5 heteroatoms. The first-order chi connectivity index (χ1) is 6.61. The number of nitrogens with two attached hydrogens (primary N) is 1. The Morgan fingerprint density at radius 1 is 1.29 bits per heavy atom. The van der Waals surface area contributed by atoms with Crippen molar-refractivity contribution < 1.29 is 14.4 Å². The largest absolute Gasteiger partial charge is 0.692 e. The van der Waals surface area contributed by atoms with E-state index in [9.17, 15) is 0 Å². The Hall–Kier alpha value is -1.06. The normalized spacial score (nSPS) is 16.9. The summed E-state index contributed by atoms with van der Waals surface area (Å²) < 4.78 is 8.70. The molecule has 0 radical (unpaired) electrons. The highest BCUT2D eigenvalue weighted by Crippen LogP contribution is 2.24. The van der Waals surface area contributed by atoms with Gasteiger partial charge in [-0.1, -0.05) is 36.4 Å². The van der Waals surface area contributed by atoms with Gasteiger partial charge in [-0.2, -0.15) is 0 Å². The molecule has 0 aliphatic heterocycles. The molecule has 4 N–H and O–H groups in total.